The zero-order valence-electron chi connectivity index (χ0n) is 20.4. The Hall–Kier alpha value is -3.25. The fourth-order valence-electron chi connectivity index (χ4n) is 5.24. The van der Waals surface area contributed by atoms with Crippen LogP contribution in [0.25, 0.3) is 11.8 Å². The number of ketones is 1. The van der Waals surface area contributed by atoms with Gasteiger partial charge in [0, 0.05) is 48.7 Å². The summed E-state index contributed by atoms with van der Waals surface area (Å²) in [4.78, 5) is 22.2. The van der Waals surface area contributed by atoms with E-state index in [1.54, 1.807) is 18.7 Å². The summed E-state index contributed by atoms with van der Waals surface area (Å²) < 4.78 is 1.97. The Morgan fingerprint density at radius 1 is 1.14 bits per heavy atom. The van der Waals surface area contributed by atoms with Gasteiger partial charge in [0.05, 0.1) is 29.4 Å². The van der Waals surface area contributed by atoms with E-state index in [1.807, 2.05) is 10.8 Å². The first-order valence-corrected chi connectivity index (χ1v) is 12.9. The Balaban J connectivity index is 1.34. The summed E-state index contributed by atoms with van der Waals surface area (Å²) >= 11 is 0. The largest absolute Gasteiger partial charge is 0.393 e. The molecule has 1 saturated carbocycles. The molecule has 6 heteroatoms. The van der Waals surface area contributed by atoms with Crippen molar-refractivity contribution in [3.8, 4) is 5.69 Å². The molecule has 1 aromatic carbocycles. The van der Waals surface area contributed by atoms with Gasteiger partial charge >= 0.3 is 0 Å². The number of allylic oxidation sites excluding steroid dienone is 1. The van der Waals surface area contributed by atoms with E-state index in [0.717, 1.165) is 73.1 Å². The topological polar surface area (TPSA) is 80.0 Å². The van der Waals surface area contributed by atoms with E-state index in [9.17, 15) is 9.90 Å². The average Bonchev–Trinajstić information content (AvgIpc) is 3.55. The van der Waals surface area contributed by atoms with Crippen molar-refractivity contribution in [1.82, 2.24) is 14.5 Å². The summed E-state index contributed by atoms with van der Waals surface area (Å²) in [6.07, 6.45) is 16.9. The number of carbonyl (C=O) groups excluding carboxylic acids is 1. The first-order chi connectivity index (χ1) is 17.1. The average molecular weight is 471 g/mol. The Morgan fingerprint density at radius 3 is 2.66 bits per heavy atom. The van der Waals surface area contributed by atoms with Gasteiger partial charge in [-0.15, -0.1) is 0 Å². The third-order valence-corrected chi connectivity index (χ3v) is 7.24. The molecular weight excluding hydrogens is 436 g/mol. The summed E-state index contributed by atoms with van der Waals surface area (Å²) in [5.41, 5.74) is 7.38. The summed E-state index contributed by atoms with van der Waals surface area (Å²) in [7, 11) is 0. The number of aromatic nitrogens is 3. The lowest BCUT2D eigenvalue weighted by Gasteiger charge is -2.28. The predicted octanol–water partition coefficient (Wildman–Crippen LogP) is 5.54. The minimum absolute atomic E-state index is 0.120. The molecule has 3 aromatic rings. The maximum atomic E-state index is 13.4. The summed E-state index contributed by atoms with van der Waals surface area (Å²) in [5.74, 6) is 0.120. The van der Waals surface area contributed by atoms with Crippen molar-refractivity contribution in [1.29, 1.82) is 0 Å². The molecule has 0 aliphatic heterocycles. The van der Waals surface area contributed by atoms with Gasteiger partial charge in [-0.05, 0) is 56.2 Å². The molecule has 1 fully saturated rings. The molecule has 0 amide bonds. The number of benzene rings is 1. The number of rotatable bonds is 9. The van der Waals surface area contributed by atoms with Crippen LogP contribution < -0.4 is 5.32 Å². The number of imidazole rings is 1. The second-order valence-electron chi connectivity index (χ2n) is 9.85. The molecule has 2 aromatic heterocycles. The van der Waals surface area contributed by atoms with Crippen LogP contribution in [0.3, 0.4) is 0 Å². The lowest BCUT2D eigenvalue weighted by atomic mass is 9.92. The van der Waals surface area contributed by atoms with Gasteiger partial charge in [0.1, 0.15) is 0 Å². The lowest BCUT2D eigenvalue weighted by molar-refractivity contribution is 0.0982. The number of nitrogens with zero attached hydrogens (tertiary/aromatic N) is 3. The molecule has 0 bridgehead atoms. The molecule has 6 nitrogen and oxygen atoms in total. The zero-order valence-corrected chi connectivity index (χ0v) is 20.4. The van der Waals surface area contributed by atoms with Crippen molar-refractivity contribution >= 4 is 17.5 Å². The van der Waals surface area contributed by atoms with Crippen molar-refractivity contribution < 1.29 is 9.90 Å². The molecule has 5 rings (SSSR count). The van der Waals surface area contributed by atoms with Gasteiger partial charge in [0.2, 0.25) is 0 Å². The van der Waals surface area contributed by atoms with E-state index < -0.39 is 0 Å². The minimum Gasteiger partial charge on any atom is -0.393 e. The highest BCUT2D eigenvalue weighted by Crippen LogP contribution is 2.36. The number of hydrogen-bond donors (Lipinski definition) is 2. The monoisotopic (exact) mass is 470 g/mol. The number of carbonyl (C=O) groups is 1. The van der Waals surface area contributed by atoms with Crippen LogP contribution in [0.5, 0.6) is 0 Å². The van der Waals surface area contributed by atoms with Gasteiger partial charge in [-0.1, -0.05) is 37.1 Å². The van der Waals surface area contributed by atoms with Crippen molar-refractivity contribution in [2.75, 3.05) is 5.32 Å². The first-order valence-electron chi connectivity index (χ1n) is 12.9. The number of aliphatic hydroxyl groups is 1. The smallest absolute Gasteiger partial charge is 0.166 e. The van der Waals surface area contributed by atoms with Crippen LogP contribution in [0.1, 0.15) is 79.0 Å². The number of aliphatic hydroxyl groups excluding tert-OH is 1. The molecule has 2 aliphatic rings. The highest BCUT2D eigenvalue weighted by atomic mass is 16.3. The third kappa shape index (κ3) is 5.38. The fraction of sp³-hybridized carbons (Fsp3) is 0.414. The van der Waals surface area contributed by atoms with Crippen LogP contribution in [0, 0.1) is 0 Å². The Bertz CT molecular complexity index is 1190. The number of Topliss-reactive ketones (excluding diaryl/α,β-unsaturated/α-hetero) is 1. The van der Waals surface area contributed by atoms with Crippen LogP contribution in [0.4, 0.5) is 5.69 Å². The molecule has 35 heavy (non-hydrogen) atoms. The lowest BCUT2D eigenvalue weighted by Crippen LogP contribution is -2.29. The minimum atomic E-state index is -0.200. The molecule has 0 saturated heterocycles. The number of nitrogens with one attached hydrogen (secondary N) is 1. The van der Waals surface area contributed by atoms with E-state index in [4.69, 9.17) is 4.98 Å². The molecule has 2 aliphatic carbocycles. The van der Waals surface area contributed by atoms with E-state index in [1.165, 1.54) is 5.57 Å². The van der Waals surface area contributed by atoms with Crippen LogP contribution >= 0.6 is 0 Å². The van der Waals surface area contributed by atoms with E-state index >= 15 is 0 Å². The second kappa shape index (κ2) is 10.6. The maximum Gasteiger partial charge on any atom is 0.166 e. The van der Waals surface area contributed by atoms with E-state index in [-0.39, 0.29) is 17.9 Å². The number of hydrogen-bond acceptors (Lipinski definition) is 5. The van der Waals surface area contributed by atoms with Crippen LogP contribution in [0.2, 0.25) is 0 Å². The molecule has 2 heterocycles. The number of fused-ring (bicyclic) bond motifs is 1. The highest BCUT2D eigenvalue weighted by Gasteiger charge is 2.26. The molecular formula is C29H34N4O2. The summed E-state index contributed by atoms with van der Waals surface area (Å²) in [6.45, 7) is 2.20. The third-order valence-electron chi connectivity index (χ3n) is 7.24. The van der Waals surface area contributed by atoms with Gasteiger partial charge in [-0.3, -0.25) is 9.78 Å². The molecule has 2 N–H and O–H groups in total. The molecule has 0 atom stereocenters. The van der Waals surface area contributed by atoms with Crippen LogP contribution in [-0.4, -0.2) is 37.6 Å². The Labute approximate surface area is 207 Å². The molecule has 182 valence electrons. The van der Waals surface area contributed by atoms with Crippen LogP contribution in [-0.2, 0) is 12.8 Å². The number of pyridine rings is 1. The molecule has 0 spiro atoms. The van der Waals surface area contributed by atoms with Crippen molar-refractivity contribution in [3.63, 3.8) is 0 Å². The standard InChI is InChI=1S/C29H34N4O2/c1-2-3-21-16-25-27(17-21)31-18-26(29(25)32-22-7-11-24(34)12-8-22)28(35)13-6-20-4-9-23(10-5-20)33-15-14-30-19-33/h4-5,9-10,14-16,18-19,22,24,34H,2-3,6-8,11-13,17H2,1H3,(H,31,32). The van der Waals surface area contributed by atoms with Gasteiger partial charge in [-0.2, -0.15) is 0 Å². The summed E-state index contributed by atoms with van der Waals surface area (Å²) in [5, 5.41) is 13.6. The van der Waals surface area contributed by atoms with Crippen molar-refractivity contribution in [2.24, 2.45) is 0 Å². The fourth-order valence-corrected chi connectivity index (χ4v) is 5.24. The Morgan fingerprint density at radius 2 is 1.94 bits per heavy atom. The summed E-state index contributed by atoms with van der Waals surface area (Å²) in [6, 6.07) is 8.55. The number of anilines is 1. The van der Waals surface area contributed by atoms with Crippen molar-refractivity contribution in [3.05, 3.63) is 77.1 Å². The highest BCUT2D eigenvalue weighted by molar-refractivity contribution is 6.03. The van der Waals surface area contributed by atoms with Gasteiger partial charge in [-0.25, -0.2) is 4.98 Å². The molecule has 0 radical (unpaired) electrons. The number of aryl methyl sites for hydroxylation is 1. The van der Waals surface area contributed by atoms with Crippen LogP contribution in [0.15, 0.2) is 54.8 Å². The molecule has 0 unspecified atom stereocenters. The maximum absolute atomic E-state index is 13.4. The second-order valence-corrected chi connectivity index (χ2v) is 9.85. The Kier molecular flexibility index (Phi) is 7.09. The van der Waals surface area contributed by atoms with E-state index in [2.05, 4.69) is 47.6 Å². The quantitative estimate of drug-likeness (QED) is 0.402. The first kappa shape index (κ1) is 23.5. The van der Waals surface area contributed by atoms with E-state index in [0.29, 0.717) is 18.4 Å². The normalized spacial score (nSPS) is 19.3. The van der Waals surface area contributed by atoms with Gasteiger partial charge in [0.25, 0.3) is 0 Å². The predicted molar refractivity (Wildman–Crippen MR) is 139 cm³/mol. The zero-order chi connectivity index (χ0) is 24.2. The SMILES string of the molecule is CCCC1=Cc2c(ncc(C(=O)CCc3ccc(-n4ccnc4)cc3)c2NC2CCC(O)CC2)C1. The van der Waals surface area contributed by atoms with Gasteiger partial charge < -0.3 is 15.0 Å². The van der Waals surface area contributed by atoms with Gasteiger partial charge in [0.15, 0.2) is 5.78 Å². The van der Waals surface area contributed by atoms with Crippen molar-refractivity contribution in [2.45, 2.75) is 76.9 Å².